The molecule has 0 fully saturated rings. The van der Waals surface area contributed by atoms with Crippen molar-refractivity contribution in [3.63, 3.8) is 0 Å². The van der Waals surface area contributed by atoms with Gasteiger partial charge in [0.15, 0.2) is 0 Å². The third kappa shape index (κ3) is 2.80. The third-order valence-corrected chi connectivity index (χ3v) is 3.62. The number of rotatable bonds is 4. The molecule has 0 saturated heterocycles. The second kappa shape index (κ2) is 6.21. The van der Waals surface area contributed by atoms with Crippen LogP contribution in [0.5, 0.6) is 0 Å². The minimum Gasteiger partial charge on any atom is -0.465 e. The number of carbonyl (C=O) groups excluding carboxylic acids is 2. The molecule has 0 radical (unpaired) electrons. The van der Waals surface area contributed by atoms with E-state index in [2.05, 4.69) is 15.4 Å². The molecule has 0 bridgehead atoms. The molecule has 20 heavy (non-hydrogen) atoms. The molecular formula is C14H14N2O3S. The zero-order chi connectivity index (χ0) is 14.5. The minimum atomic E-state index is -0.461. The first-order valence-electron chi connectivity index (χ1n) is 5.91. The van der Waals surface area contributed by atoms with Crippen molar-refractivity contribution in [3.8, 4) is 0 Å². The molecule has 2 N–H and O–H groups in total. The van der Waals surface area contributed by atoms with E-state index in [1.165, 1.54) is 18.4 Å². The van der Waals surface area contributed by atoms with Gasteiger partial charge in [-0.15, -0.1) is 11.3 Å². The van der Waals surface area contributed by atoms with E-state index in [4.69, 9.17) is 0 Å². The van der Waals surface area contributed by atoms with E-state index < -0.39 is 5.97 Å². The summed E-state index contributed by atoms with van der Waals surface area (Å²) < 4.78 is 4.68. The van der Waals surface area contributed by atoms with Gasteiger partial charge in [-0.1, -0.05) is 12.1 Å². The van der Waals surface area contributed by atoms with E-state index in [0.29, 0.717) is 16.1 Å². The number of ether oxygens (including phenoxy) is 1. The largest absolute Gasteiger partial charge is 0.465 e. The van der Waals surface area contributed by atoms with E-state index in [0.717, 1.165) is 5.69 Å². The maximum absolute atomic E-state index is 12.3. The van der Waals surface area contributed by atoms with Crippen molar-refractivity contribution in [2.24, 2.45) is 0 Å². The molecule has 0 aliphatic heterocycles. The highest BCUT2D eigenvalue weighted by Gasteiger charge is 2.17. The standard InChI is InChI=1S/C14H14N2O3S/c1-15-10-6-4-3-5-9(10)13(17)16-11-7-8-20-12(11)14(18)19-2/h3-8,15H,1-2H3,(H,16,17). The Morgan fingerprint density at radius 2 is 1.90 bits per heavy atom. The van der Waals surface area contributed by atoms with Crippen molar-refractivity contribution in [1.82, 2.24) is 0 Å². The summed E-state index contributed by atoms with van der Waals surface area (Å²) in [5, 5.41) is 7.41. The Balaban J connectivity index is 2.24. The van der Waals surface area contributed by atoms with Crippen LogP contribution in [-0.4, -0.2) is 26.0 Å². The Hall–Kier alpha value is -2.34. The predicted octanol–water partition coefficient (Wildman–Crippen LogP) is 2.83. The van der Waals surface area contributed by atoms with E-state index in [-0.39, 0.29) is 5.91 Å². The maximum atomic E-state index is 12.3. The first kappa shape index (κ1) is 14.1. The number of para-hydroxylation sites is 1. The summed E-state index contributed by atoms with van der Waals surface area (Å²) >= 11 is 1.22. The lowest BCUT2D eigenvalue weighted by Crippen LogP contribution is -2.15. The zero-order valence-electron chi connectivity index (χ0n) is 11.1. The zero-order valence-corrected chi connectivity index (χ0v) is 11.9. The average molecular weight is 290 g/mol. The van der Waals surface area contributed by atoms with E-state index >= 15 is 0 Å². The number of anilines is 2. The molecule has 0 unspecified atom stereocenters. The molecule has 0 spiro atoms. The highest BCUT2D eigenvalue weighted by atomic mass is 32.1. The number of methoxy groups -OCH3 is 1. The van der Waals surface area contributed by atoms with Crippen LogP contribution in [0, 0.1) is 0 Å². The van der Waals surface area contributed by atoms with E-state index in [1.54, 1.807) is 30.6 Å². The highest BCUT2D eigenvalue weighted by molar-refractivity contribution is 7.12. The molecule has 5 nitrogen and oxygen atoms in total. The van der Waals surface area contributed by atoms with Crippen molar-refractivity contribution in [2.75, 3.05) is 24.8 Å². The second-order valence-electron chi connectivity index (χ2n) is 3.90. The van der Waals surface area contributed by atoms with Crippen LogP contribution >= 0.6 is 11.3 Å². The summed E-state index contributed by atoms with van der Waals surface area (Å²) in [6, 6.07) is 8.82. The van der Waals surface area contributed by atoms with Gasteiger partial charge >= 0.3 is 5.97 Å². The smallest absolute Gasteiger partial charge is 0.350 e. The van der Waals surface area contributed by atoms with Crippen molar-refractivity contribution in [2.45, 2.75) is 0 Å². The molecule has 1 heterocycles. The summed E-state index contributed by atoms with van der Waals surface area (Å²) in [5.41, 5.74) is 1.69. The van der Waals surface area contributed by atoms with Gasteiger partial charge in [0.25, 0.3) is 5.91 Å². The fourth-order valence-corrected chi connectivity index (χ4v) is 2.51. The first-order chi connectivity index (χ1) is 9.67. The van der Waals surface area contributed by atoms with Gasteiger partial charge in [0.1, 0.15) is 4.88 Å². The van der Waals surface area contributed by atoms with Crippen LogP contribution in [-0.2, 0) is 4.74 Å². The van der Waals surface area contributed by atoms with Gasteiger partial charge in [0.05, 0.1) is 18.4 Å². The second-order valence-corrected chi connectivity index (χ2v) is 4.82. The number of esters is 1. The lowest BCUT2D eigenvalue weighted by molar-refractivity contribution is 0.0607. The van der Waals surface area contributed by atoms with Crippen LogP contribution in [0.3, 0.4) is 0 Å². The molecule has 2 aromatic rings. The monoisotopic (exact) mass is 290 g/mol. The van der Waals surface area contributed by atoms with Crippen molar-refractivity contribution in [1.29, 1.82) is 0 Å². The maximum Gasteiger partial charge on any atom is 0.350 e. The normalized spacial score (nSPS) is 9.90. The molecule has 0 aliphatic carbocycles. The summed E-state index contributed by atoms with van der Waals surface area (Å²) in [6.45, 7) is 0. The summed E-state index contributed by atoms with van der Waals surface area (Å²) in [5.74, 6) is -0.740. The topological polar surface area (TPSA) is 67.4 Å². The molecule has 2 rings (SSSR count). The summed E-state index contributed by atoms with van der Waals surface area (Å²) in [7, 11) is 3.06. The first-order valence-corrected chi connectivity index (χ1v) is 6.79. The predicted molar refractivity (Wildman–Crippen MR) is 79.6 cm³/mol. The van der Waals surface area contributed by atoms with Crippen molar-refractivity contribution >= 4 is 34.6 Å². The Kier molecular flexibility index (Phi) is 4.37. The Morgan fingerprint density at radius 1 is 1.15 bits per heavy atom. The van der Waals surface area contributed by atoms with Crippen molar-refractivity contribution in [3.05, 3.63) is 46.2 Å². The fraction of sp³-hybridized carbons (Fsp3) is 0.143. The molecule has 1 aromatic heterocycles. The Labute approximate surface area is 120 Å². The molecule has 1 amide bonds. The van der Waals surface area contributed by atoms with Gasteiger partial charge in [-0.2, -0.15) is 0 Å². The molecule has 104 valence electrons. The number of thiophene rings is 1. The van der Waals surface area contributed by atoms with Gasteiger partial charge in [0.2, 0.25) is 0 Å². The molecule has 1 aromatic carbocycles. The molecular weight excluding hydrogens is 276 g/mol. The van der Waals surface area contributed by atoms with Crippen molar-refractivity contribution < 1.29 is 14.3 Å². The van der Waals surface area contributed by atoms with Crippen LogP contribution in [0.25, 0.3) is 0 Å². The van der Waals surface area contributed by atoms with Crippen LogP contribution in [0.1, 0.15) is 20.0 Å². The number of benzene rings is 1. The SMILES string of the molecule is CNc1ccccc1C(=O)Nc1ccsc1C(=O)OC. The quantitative estimate of drug-likeness (QED) is 0.850. The summed E-state index contributed by atoms with van der Waals surface area (Å²) in [4.78, 5) is 24.2. The van der Waals surface area contributed by atoms with Gasteiger partial charge < -0.3 is 15.4 Å². The van der Waals surface area contributed by atoms with Gasteiger partial charge in [-0.05, 0) is 23.6 Å². The number of carbonyl (C=O) groups is 2. The Bertz CT molecular complexity index is 637. The van der Waals surface area contributed by atoms with Gasteiger partial charge in [-0.25, -0.2) is 4.79 Å². The molecule has 6 heteroatoms. The summed E-state index contributed by atoms with van der Waals surface area (Å²) in [6.07, 6.45) is 0. The van der Waals surface area contributed by atoms with Gasteiger partial charge in [0, 0.05) is 12.7 Å². The number of nitrogens with one attached hydrogen (secondary N) is 2. The van der Waals surface area contributed by atoms with E-state index in [9.17, 15) is 9.59 Å². The third-order valence-electron chi connectivity index (χ3n) is 2.73. The van der Waals surface area contributed by atoms with E-state index in [1.807, 2.05) is 12.1 Å². The molecule has 0 saturated carbocycles. The fourth-order valence-electron chi connectivity index (χ4n) is 1.75. The van der Waals surface area contributed by atoms with Crippen LogP contribution in [0.4, 0.5) is 11.4 Å². The molecule has 0 atom stereocenters. The lowest BCUT2D eigenvalue weighted by atomic mass is 10.1. The van der Waals surface area contributed by atoms with Crippen LogP contribution in [0.2, 0.25) is 0 Å². The van der Waals surface area contributed by atoms with Crippen LogP contribution < -0.4 is 10.6 Å². The minimum absolute atomic E-state index is 0.279. The lowest BCUT2D eigenvalue weighted by Gasteiger charge is -2.09. The highest BCUT2D eigenvalue weighted by Crippen LogP contribution is 2.24. The number of amides is 1. The molecule has 0 aliphatic rings. The van der Waals surface area contributed by atoms with Gasteiger partial charge in [-0.3, -0.25) is 4.79 Å². The van der Waals surface area contributed by atoms with Crippen LogP contribution in [0.15, 0.2) is 35.7 Å². The number of hydrogen-bond donors (Lipinski definition) is 2. The Morgan fingerprint density at radius 3 is 2.60 bits per heavy atom. The number of hydrogen-bond acceptors (Lipinski definition) is 5. The average Bonchev–Trinajstić information content (AvgIpc) is 2.94.